The minimum atomic E-state index is 0.224. The average Bonchev–Trinajstić information content (AvgIpc) is 2.55. The van der Waals surface area contributed by atoms with Crippen LogP contribution in [0, 0.1) is 0 Å². The summed E-state index contributed by atoms with van der Waals surface area (Å²) in [5.41, 5.74) is 6.95. The van der Waals surface area contributed by atoms with Gasteiger partial charge in [0.1, 0.15) is 23.5 Å². The van der Waals surface area contributed by atoms with Crippen LogP contribution in [0.15, 0.2) is 60.9 Å². The standard InChI is InChI=1S/C16H13ClN4O/c17-15-14(18)16(20-10-19-15)21-11-6-8-13(9-7-11)22-12-4-2-1-3-5-12/h1-10H,18H2,(H,19,20,21). The van der Waals surface area contributed by atoms with E-state index in [1.165, 1.54) is 6.33 Å². The lowest BCUT2D eigenvalue weighted by Gasteiger charge is -2.10. The summed E-state index contributed by atoms with van der Waals surface area (Å²) in [7, 11) is 0. The Morgan fingerprint density at radius 3 is 2.32 bits per heavy atom. The van der Waals surface area contributed by atoms with Gasteiger partial charge >= 0.3 is 0 Å². The molecule has 0 saturated heterocycles. The molecule has 3 N–H and O–H groups in total. The van der Waals surface area contributed by atoms with Gasteiger partial charge in [0.05, 0.1) is 0 Å². The first-order valence-corrected chi connectivity index (χ1v) is 6.96. The highest BCUT2D eigenvalue weighted by Gasteiger charge is 2.06. The van der Waals surface area contributed by atoms with Crippen LogP contribution in [0.4, 0.5) is 17.2 Å². The Morgan fingerprint density at radius 1 is 0.909 bits per heavy atom. The first kappa shape index (κ1) is 14.2. The second-order valence-corrected chi connectivity index (χ2v) is 4.85. The maximum atomic E-state index is 5.86. The molecule has 0 aliphatic rings. The van der Waals surface area contributed by atoms with Gasteiger partial charge in [-0.3, -0.25) is 0 Å². The first-order valence-electron chi connectivity index (χ1n) is 6.58. The molecule has 22 heavy (non-hydrogen) atoms. The number of nitrogen functional groups attached to an aromatic ring is 1. The van der Waals surface area contributed by atoms with Crippen molar-refractivity contribution in [1.82, 2.24) is 9.97 Å². The number of nitrogens with two attached hydrogens (primary N) is 1. The van der Waals surface area contributed by atoms with Gasteiger partial charge in [0, 0.05) is 5.69 Å². The van der Waals surface area contributed by atoms with Gasteiger partial charge in [-0.25, -0.2) is 9.97 Å². The van der Waals surface area contributed by atoms with Crippen LogP contribution in [0.5, 0.6) is 11.5 Å². The lowest BCUT2D eigenvalue weighted by molar-refractivity contribution is 0.483. The lowest BCUT2D eigenvalue weighted by atomic mass is 10.3. The molecule has 0 saturated carbocycles. The molecule has 0 spiro atoms. The summed E-state index contributed by atoms with van der Waals surface area (Å²) in [5.74, 6) is 2.00. The molecule has 1 aromatic heterocycles. The number of rotatable bonds is 4. The molecule has 0 amide bonds. The first-order chi connectivity index (χ1) is 10.7. The molecule has 6 heteroatoms. The van der Waals surface area contributed by atoms with Crippen LogP contribution in [0.1, 0.15) is 0 Å². The molecule has 1 heterocycles. The molecular formula is C16H13ClN4O. The van der Waals surface area contributed by atoms with E-state index in [9.17, 15) is 0 Å². The Kier molecular flexibility index (Phi) is 4.07. The highest BCUT2D eigenvalue weighted by Crippen LogP contribution is 2.27. The van der Waals surface area contributed by atoms with E-state index in [0.717, 1.165) is 17.2 Å². The molecule has 0 bridgehead atoms. The number of hydrogen-bond donors (Lipinski definition) is 2. The number of nitrogens with one attached hydrogen (secondary N) is 1. The van der Waals surface area contributed by atoms with Gasteiger partial charge in [-0.05, 0) is 36.4 Å². The van der Waals surface area contributed by atoms with Crippen LogP contribution in [0.3, 0.4) is 0 Å². The monoisotopic (exact) mass is 312 g/mol. The third kappa shape index (κ3) is 3.27. The Morgan fingerprint density at radius 2 is 1.59 bits per heavy atom. The van der Waals surface area contributed by atoms with Crippen LogP contribution in [0.25, 0.3) is 0 Å². The fourth-order valence-electron chi connectivity index (χ4n) is 1.84. The van der Waals surface area contributed by atoms with Gasteiger partial charge in [-0.2, -0.15) is 0 Å². The van der Waals surface area contributed by atoms with E-state index in [4.69, 9.17) is 22.1 Å². The van der Waals surface area contributed by atoms with Crippen molar-refractivity contribution in [2.75, 3.05) is 11.1 Å². The predicted octanol–water partition coefficient (Wildman–Crippen LogP) is 4.25. The third-order valence-electron chi connectivity index (χ3n) is 2.93. The van der Waals surface area contributed by atoms with Crippen molar-refractivity contribution in [3.05, 3.63) is 66.1 Å². The molecule has 3 aromatic rings. The number of nitrogens with zero attached hydrogens (tertiary/aromatic N) is 2. The Bertz CT molecular complexity index is 763. The zero-order valence-electron chi connectivity index (χ0n) is 11.5. The number of hydrogen-bond acceptors (Lipinski definition) is 5. The predicted molar refractivity (Wildman–Crippen MR) is 87.7 cm³/mol. The molecule has 0 aliphatic heterocycles. The minimum Gasteiger partial charge on any atom is -0.457 e. The van der Waals surface area contributed by atoms with Crippen LogP contribution in [-0.4, -0.2) is 9.97 Å². The van der Waals surface area contributed by atoms with Crippen LogP contribution in [-0.2, 0) is 0 Å². The quantitative estimate of drug-likeness (QED) is 0.705. The van der Waals surface area contributed by atoms with Crippen molar-refractivity contribution in [3.63, 3.8) is 0 Å². The summed E-state index contributed by atoms with van der Waals surface area (Å²) in [5, 5.41) is 3.31. The smallest absolute Gasteiger partial charge is 0.158 e. The SMILES string of the molecule is Nc1c(Cl)ncnc1Nc1ccc(Oc2ccccc2)cc1. The van der Waals surface area contributed by atoms with Crippen molar-refractivity contribution in [2.24, 2.45) is 0 Å². The molecule has 0 unspecified atom stereocenters. The number of aromatic nitrogens is 2. The highest BCUT2D eigenvalue weighted by molar-refractivity contribution is 6.32. The number of ether oxygens (including phenoxy) is 1. The number of para-hydroxylation sites is 1. The summed E-state index contributed by atoms with van der Waals surface area (Å²) >= 11 is 5.86. The lowest BCUT2D eigenvalue weighted by Crippen LogP contribution is -2.00. The maximum absolute atomic E-state index is 5.86. The van der Waals surface area contributed by atoms with Gasteiger partial charge in [-0.15, -0.1) is 0 Å². The van der Waals surface area contributed by atoms with Gasteiger partial charge < -0.3 is 15.8 Å². The second-order valence-electron chi connectivity index (χ2n) is 4.49. The van der Waals surface area contributed by atoms with E-state index in [-0.39, 0.29) is 5.15 Å². The van der Waals surface area contributed by atoms with Gasteiger partial charge in [0.2, 0.25) is 0 Å². The minimum absolute atomic E-state index is 0.224. The fourth-order valence-corrected chi connectivity index (χ4v) is 1.97. The van der Waals surface area contributed by atoms with Gasteiger partial charge in [0.15, 0.2) is 11.0 Å². The van der Waals surface area contributed by atoms with Crippen molar-refractivity contribution in [2.45, 2.75) is 0 Å². The summed E-state index contributed by atoms with van der Waals surface area (Å²) < 4.78 is 5.73. The molecule has 0 atom stereocenters. The van der Waals surface area contributed by atoms with Crippen molar-refractivity contribution < 1.29 is 4.74 Å². The summed E-state index contributed by atoms with van der Waals surface area (Å²) in [6, 6.07) is 17.0. The third-order valence-corrected chi connectivity index (χ3v) is 3.23. The van der Waals surface area contributed by atoms with E-state index >= 15 is 0 Å². The Hall–Kier alpha value is -2.79. The zero-order valence-corrected chi connectivity index (χ0v) is 12.3. The van der Waals surface area contributed by atoms with E-state index in [2.05, 4.69) is 15.3 Å². The van der Waals surface area contributed by atoms with Crippen LogP contribution < -0.4 is 15.8 Å². The number of anilines is 3. The van der Waals surface area contributed by atoms with Gasteiger partial charge in [0.25, 0.3) is 0 Å². The van der Waals surface area contributed by atoms with Gasteiger partial charge in [-0.1, -0.05) is 29.8 Å². The van der Waals surface area contributed by atoms with E-state index in [1.807, 2.05) is 54.6 Å². The molecular weight excluding hydrogens is 300 g/mol. The Balaban J connectivity index is 1.73. The van der Waals surface area contributed by atoms with E-state index in [0.29, 0.717) is 11.5 Å². The van der Waals surface area contributed by atoms with Crippen molar-refractivity contribution in [1.29, 1.82) is 0 Å². The molecule has 0 aliphatic carbocycles. The average molecular weight is 313 g/mol. The summed E-state index contributed by atoms with van der Waals surface area (Å²) in [6.07, 6.45) is 1.36. The van der Waals surface area contributed by atoms with Crippen molar-refractivity contribution in [3.8, 4) is 11.5 Å². The second kappa shape index (κ2) is 6.32. The normalized spacial score (nSPS) is 10.2. The fraction of sp³-hybridized carbons (Fsp3) is 0. The molecule has 2 aromatic carbocycles. The summed E-state index contributed by atoms with van der Waals surface area (Å²) in [6.45, 7) is 0. The number of halogens is 1. The van der Waals surface area contributed by atoms with Crippen LogP contribution in [0.2, 0.25) is 5.15 Å². The summed E-state index contributed by atoms with van der Waals surface area (Å²) in [4.78, 5) is 7.87. The maximum Gasteiger partial charge on any atom is 0.158 e. The molecule has 0 fully saturated rings. The molecule has 110 valence electrons. The molecule has 5 nitrogen and oxygen atoms in total. The highest BCUT2D eigenvalue weighted by atomic mass is 35.5. The van der Waals surface area contributed by atoms with Crippen LogP contribution >= 0.6 is 11.6 Å². The number of benzene rings is 2. The zero-order chi connectivity index (χ0) is 15.4. The topological polar surface area (TPSA) is 73.1 Å². The molecule has 0 radical (unpaired) electrons. The molecule has 3 rings (SSSR count). The largest absolute Gasteiger partial charge is 0.457 e. The van der Waals surface area contributed by atoms with E-state index < -0.39 is 0 Å². The van der Waals surface area contributed by atoms with E-state index in [1.54, 1.807) is 0 Å². The van der Waals surface area contributed by atoms with Crippen molar-refractivity contribution >= 4 is 28.8 Å². The Labute approximate surface area is 132 Å².